The smallest absolute Gasteiger partial charge is 0.244 e. The molecule has 3 N–H and O–H groups in total. The first kappa shape index (κ1) is 14.2. The van der Waals surface area contributed by atoms with Crippen LogP contribution < -0.4 is 10.0 Å². The first-order valence-electron chi connectivity index (χ1n) is 6.86. The molecule has 0 amide bonds. The largest absolute Gasteiger partial charge is 0.347 e. The number of H-pyrrole nitrogens is 1. The summed E-state index contributed by atoms with van der Waals surface area (Å²) in [6.07, 6.45) is 8.47. The molecular formula is C12H18N6O2S. The Morgan fingerprint density at radius 1 is 1.38 bits per heavy atom. The van der Waals surface area contributed by atoms with Crippen LogP contribution in [0.25, 0.3) is 0 Å². The van der Waals surface area contributed by atoms with Crippen LogP contribution >= 0.6 is 0 Å². The SMILES string of the molecule is O=S(=O)(NCc1cnc[nH]1)c1cnn(CCNC2CC2)c1. The molecule has 8 nitrogen and oxygen atoms in total. The summed E-state index contributed by atoms with van der Waals surface area (Å²) < 4.78 is 28.4. The summed E-state index contributed by atoms with van der Waals surface area (Å²) in [6.45, 7) is 1.64. The Morgan fingerprint density at radius 3 is 2.95 bits per heavy atom. The van der Waals surface area contributed by atoms with E-state index < -0.39 is 10.0 Å². The highest BCUT2D eigenvalue weighted by Gasteiger charge is 2.20. The molecule has 0 atom stereocenters. The van der Waals surface area contributed by atoms with E-state index in [1.54, 1.807) is 17.1 Å². The number of aromatic nitrogens is 4. The number of hydrogen-bond acceptors (Lipinski definition) is 5. The van der Waals surface area contributed by atoms with Gasteiger partial charge in [0, 0.05) is 30.7 Å². The summed E-state index contributed by atoms with van der Waals surface area (Å²) in [6, 6.07) is 0.639. The molecule has 114 valence electrons. The second-order valence-corrected chi connectivity index (χ2v) is 6.84. The van der Waals surface area contributed by atoms with E-state index in [-0.39, 0.29) is 11.4 Å². The normalized spacial score (nSPS) is 15.4. The van der Waals surface area contributed by atoms with Crippen LogP contribution in [-0.4, -0.2) is 40.8 Å². The second-order valence-electron chi connectivity index (χ2n) is 5.07. The van der Waals surface area contributed by atoms with Gasteiger partial charge >= 0.3 is 0 Å². The molecule has 0 bridgehead atoms. The molecular weight excluding hydrogens is 292 g/mol. The molecule has 1 aliphatic rings. The molecule has 9 heteroatoms. The van der Waals surface area contributed by atoms with Crippen molar-refractivity contribution in [3.63, 3.8) is 0 Å². The molecule has 0 radical (unpaired) electrons. The molecule has 1 saturated carbocycles. The summed E-state index contributed by atoms with van der Waals surface area (Å²) in [4.78, 5) is 6.86. The summed E-state index contributed by atoms with van der Waals surface area (Å²) in [7, 11) is -3.55. The quantitative estimate of drug-likeness (QED) is 0.628. The Hall–Kier alpha value is -1.71. The van der Waals surface area contributed by atoms with Gasteiger partial charge in [-0.05, 0) is 12.8 Å². The highest BCUT2D eigenvalue weighted by molar-refractivity contribution is 7.89. The van der Waals surface area contributed by atoms with E-state index in [9.17, 15) is 8.42 Å². The van der Waals surface area contributed by atoms with E-state index in [1.165, 1.54) is 25.4 Å². The van der Waals surface area contributed by atoms with Gasteiger partial charge in [0.05, 0.1) is 25.6 Å². The Bertz CT molecular complexity index is 674. The van der Waals surface area contributed by atoms with E-state index in [2.05, 4.69) is 25.1 Å². The summed E-state index contributed by atoms with van der Waals surface area (Å²) >= 11 is 0. The predicted octanol–water partition coefficient (Wildman–Crippen LogP) is -0.163. The van der Waals surface area contributed by atoms with Gasteiger partial charge in [-0.1, -0.05) is 0 Å². The summed E-state index contributed by atoms with van der Waals surface area (Å²) in [5.41, 5.74) is 0.708. The standard InChI is InChI=1S/C12H18N6O2S/c19-21(20,17-6-11-5-13-9-15-11)12-7-16-18(8-12)4-3-14-10-1-2-10/h5,7-10,14,17H,1-4,6H2,(H,13,15). The molecule has 2 aromatic heterocycles. The third-order valence-electron chi connectivity index (χ3n) is 3.28. The van der Waals surface area contributed by atoms with E-state index in [0.717, 1.165) is 6.54 Å². The van der Waals surface area contributed by atoms with Crippen molar-refractivity contribution in [2.24, 2.45) is 0 Å². The van der Waals surface area contributed by atoms with Gasteiger partial charge in [-0.3, -0.25) is 4.68 Å². The average molecular weight is 310 g/mol. The number of nitrogens with one attached hydrogen (secondary N) is 3. The van der Waals surface area contributed by atoms with Gasteiger partial charge in [-0.25, -0.2) is 18.1 Å². The highest BCUT2D eigenvalue weighted by atomic mass is 32.2. The second kappa shape index (κ2) is 5.96. The zero-order chi connectivity index (χ0) is 14.7. The zero-order valence-electron chi connectivity index (χ0n) is 11.5. The van der Waals surface area contributed by atoms with Gasteiger partial charge < -0.3 is 10.3 Å². The van der Waals surface area contributed by atoms with Crippen molar-refractivity contribution in [1.29, 1.82) is 0 Å². The lowest BCUT2D eigenvalue weighted by Gasteiger charge is -2.03. The van der Waals surface area contributed by atoms with Crippen LogP contribution in [0, 0.1) is 0 Å². The van der Waals surface area contributed by atoms with Crippen LogP contribution in [0.15, 0.2) is 29.8 Å². The van der Waals surface area contributed by atoms with Crippen molar-refractivity contribution in [1.82, 2.24) is 29.8 Å². The lowest BCUT2D eigenvalue weighted by molar-refractivity contribution is 0.551. The van der Waals surface area contributed by atoms with Gasteiger partial charge in [0.15, 0.2) is 0 Å². The molecule has 0 saturated heterocycles. The molecule has 0 aromatic carbocycles. The predicted molar refractivity (Wildman–Crippen MR) is 75.9 cm³/mol. The first-order chi connectivity index (χ1) is 10.1. The molecule has 0 spiro atoms. The van der Waals surface area contributed by atoms with Crippen molar-refractivity contribution < 1.29 is 8.42 Å². The lowest BCUT2D eigenvalue weighted by atomic mass is 10.5. The monoisotopic (exact) mass is 310 g/mol. The number of rotatable bonds is 8. The molecule has 21 heavy (non-hydrogen) atoms. The minimum atomic E-state index is -3.55. The van der Waals surface area contributed by atoms with Crippen molar-refractivity contribution in [3.05, 3.63) is 30.6 Å². The van der Waals surface area contributed by atoms with Gasteiger partial charge in [0.25, 0.3) is 0 Å². The van der Waals surface area contributed by atoms with E-state index in [4.69, 9.17) is 0 Å². The van der Waals surface area contributed by atoms with Gasteiger partial charge in [-0.2, -0.15) is 5.10 Å². The highest BCUT2D eigenvalue weighted by Crippen LogP contribution is 2.18. The maximum absolute atomic E-state index is 12.1. The Morgan fingerprint density at radius 2 is 2.24 bits per heavy atom. The number of imidazole rings is 1. The van der Waals surface area contributed by atoms with Crippen molar-refractivity contribution in [2.75, 3.05) is 6.54 Å². The number of sulfonamides is 1. The van der Waals surface area contributed by atoms with Crippen LogP contribution in [-0.2, 0) is 23.1 Å². The van der Waals surface area contributed by atoms with Gasteiger partial charge in [-0.15, -0.1) is 0 Å². The van der Waals surface area contributed by atoms with Crippen molar-refractivity contribution in [3.8, 4) is 0 Å². The maximum atomic E-state index is 12.1. The third kappa shape index (κ3) is 3.90. The number of nitrogens with zero attached hydrogens (tertiary/aromatic N) is 3. The maximum Gasteiger partial charge on any atom is 0.244 e. The van der Waals surface area contributed by atoms with E-state index >= 15 is 0 Å². The first-order valence-corrected chi connectivity index (χ1v) is 8.34. The van der Waals surface area contributed by atoms with Gasteiger partial charge in [0.1, 0.15) is 4.90 Å². The Labute approximate surface area is 123 Å². The molecule has 3 rings (SSSR count). The van der Waals surface area contributed by atoms with Crippen LogP contribution in [0.5, 0.6) is 0 Å². The molecule has 1 fully saturated rings. The molecule has 2 heterocycles. The number of aromatic amines is 1. The minimum absolute atomic E-state index is 0.174. The van der Waals surface area contributed by atoms with E-state index in [0.29, 0.717) is 18.3 Å². The summed E-state index contributed by atoms with van der Waals surface area (Å²) in [5.74, 6) is 0. The van der Waals surface area contributed by atoms with Crippen LogP contribution in [0.3, 0.4) is 0 Å². The lowest BCUT2D eigenvalue weighted by Crippen LogP contribution is -2.23. The molecule has 1 aliphatic carbocycles. The molecule has 0 unspecified atom stereocenters. The zero-order valence-corrected chi connectivity index (χ0v) is 12.3. The average Bonchev–Trinajstić information content (AvgIpc) is 2.94. The van der Waals surface area contributed by atoms with Crippen LogP contribution in [0.1, 0.15) is 18.5 Å². The fourth-order valence-electron chi connectivity index (χ4n) is 1.91. The third-order valence-corrected chi connectivity index (χ3v) is 4.63. The van der Waals surface area contributed by atoms with Crippen LogP contribution in [0.4, 0.5) is 0 Å². The molecule has 0 aliphatic heterocycles. The Kier molecular flexibility index (Phi) is 4.04. The van der Waals surface area contributed by atoms with Crippen LogP contribution in [0.2, 0.25) is 0 Å². The fraction of sp³-hybridized carbons (Fsp3) is 0.500. The molecule has 2 aromatic rings. The van der Waals surface area contributed by atoms with Crippen molar-refractivity contribution >= 4 is 10.0 Å². The van der Waals surface area contributed by atoms with E-state index in [1.807, 2.05) is 0 Å². The Balaban J connectivity index is 1.55. The summed E-state index contributed by atoms with van der Waals surface area (Å²) in [5, 5.41) is 7.44. The fourth-order valence-corrected chi connectivity index (χ4v) is 2.87. The number of hydrogen-bond donors (Lipinski definition) is 3. The topological polar surface area (TPSA) is 105 Å². The van der Waals surface area contributed by atoms with Crippen molar-refractivity contribution in [2.45, 2.75) is 36.9 Å². The van der Waals surface area contributed by atoms with Gasteiger partial charge in [0.2, 0.25) is 10.0 Å². The minimum Gasteiger partial charge on any atom is -0.347 e.